The summed E-state index contributed by atoms with van der Waals surface area (Å²) in [5, 5.41) is 2.49. The van der Waals surface area contributed by atoms with Gasteiger partial charge < -0.3 is 10.2 Å². The van der Waals surface area contributed by atoms with Gasteiger partial charge in [-0.1, -0.05) is 22.9 Å². The predicted octanol–water partition coefficient (Wildman–Crippen LogP) is 2.07. The van der Waals surface area contributed by atoms with Gasteiger partial charge in [-0.2, -0.15) is 0 Å². The number of benzene rings is 1. The molecule has 0 bridgehead atoms. The molecule has 0 radical (unpaired) electrons. The Kier molecular flexibility index (Phi) is 5.95. The first kappa shape index (κ1) is 15.6. The summed E-state index contributed by atoms with van der Waals surface area (Å²) in [7, 11) is 1.57. The zero-order chi connectivity index (χ0) is 14.4. The molecule has 1 N–H and O–H groups in total. The van der Waals surface area contributed by atoms with E-state index in [4.69, 9.17) is 0 Å². The van der Waals surface area contributed by atoms with Crippen LogP contribution in [0.15, 0.2) is 22.7 Å². The van der Waals surface area contributed by atoms with Crippen LogP contribution in [-0.2, 0) is 16.1 Å². The Morgan fingerprint density at radius 1 is 1.42 bits per heavy atom. The van der Waals surface area contributed by atoms with E-state index in [2.05, 4.69) is 21.2 Å². The first-order chi connectivity index (χ1) is 8.93. The topological polar surface area (TPSA) is 49.4 Å². The number of nitrogens with one attached hydrogen (secondary N) is 1. The van der Waals surface area contributed by atoms with Crippen LogP contribution in [0.5, 0.6) is 0 Å². The van der Waals surface area contributed by atoms with E-state index in [0.717, 1.165) is 4.47 Å². The van der Waals surface area contributed by atoms with Gasteiger partial charge in [-0.3, -0.25) is 9.59 Å². The van der Waals surface area contributed by atoms with E-state index < -0.39 is 0 Å². The van der Waals surface area contributed by atoms with Crippen molar-refractivity contribution in [3.8, 4) is 0 Å². The Bertz CT molecular complexity index is 480. The van der Waals surface area contributed by atoms with E-state index in [0.29, 0.717) is 12.0 Å². The molecule has 6 heteroatoms. The van der Waals surface area contributed by atoms with E-state index in [9.17, 15) is 14.0 Å². The van der Waals surface area contributed by atoms with Crippen molar-refractivity contribution in [3.63, 3.8) is 0 Å². The van der Waals surface area contributed by atoms with Crippen LogP contribution in [0.4, 0.5) is 4.39 Å². The number of nitrogens with zero attached hydrogens (tertiary/aromatic N) is 1. The molecule has 1 rings (SSSR count). The van der Waals surface area contributed by atoms with Crippen molar-refractivity contribution in [2.45, 2.75) is 19.9 Å². The molecule has 0 unspecified atom stereocenters. The van der Waals surface area contributed by atoms with Crippen LogP contribution in [0.1, 0.15) is 18.9 Å². The maximum atomic E-state index is 13.5. The minimum absolute atomic E-state index is 0.0706. The van der Waals surface area contributed by atoms with Gasteiger partial charge in [-0.25, -0.2) is 4.39 Å². The Morgan fingerprint density at radius 2 is 2.11 bits per heavy atom. The second kappa shape index (κ2) is 7.23. The van der Waals surface area contributed by atoms with Crippen molar-refractivity contribution in [2.24, 2.45) is 0 Å². The molecule has 0 atom stereocenters. The van der Waals surface area contributed by atoms with E-state index in [-0.39, 0.29) is 30.7 Å². The first-order valence-corrected chi connectivity index (χ1v) is 6.68. The zero-order valence-electron chi connectivity index (χ0n) is 10.9. The molecule has 0 aromatic heterocycles. The van der Waals surface area contributed by atoms with Crippen LogP contribution in [0.3, 0.4) is 0 Å². The van der Waals surface area contributed by atoms with Crippen LogP contribution in [0.2, 0.25) is 0 Å². The quantitative estimate of drug-likeness (QED) is 0.898. The van der Waals surface area contributed by atoms with Crippen molar-refractivity contribution >= 4 is 27.7 Å². The lowest BCUT2D eigenvalue weighted by molar-refractivity contribution is -0.132. The number of carbonyl (C=O) groups excluding carboxylic acids is 2. The first-order valence-electron chi connectivity index (χ1n) is 5.88. The highest BCUT2D eigenvalue weighted by atomic mass is 79.9. The van der Waals surface area contributed by atoms with Crippen LogP contribution >= 0.6 is 15.9 Å². The molecule has 4 nitrogen and oxygen atoms in total. The summed E-state index contributed by atoms with van der Waals surface area (Å²) in [6.07, 6.45) is 0.331. The number of hydrogen-bond donors (Lipinski definition) is 1. The van der Waals surface area contributed by atoms with Gasteiger partial charge in [-0.15, -0.1) is 0 Å². The Balaban J connectivity index is 2.58. The number of hydrogen-bond acceptors (Lipinski definition) is 2. The number of halogens is 2. The second-order valence-electron chi connectivity index (χ2n) is 4.12. The third kappa shape index (κ3) is 4.98. The van der Waals surface area contributed by atoms with Gasteiger partial charge in [0.2, 0.25) is 11.8 Å². The molecule has 104 valence electrons. The fourth-order valence-corrected chi connectivity index (χ4v) is 1.85. The third-order valence-corrected chi connectivity index (χ3v) is 3.09. The van der Waals surface area contributed by atoms with Crippen molar-refractivity contribution in [1.82, 2.24) is 10.2 Å². The monoisotopic (exact) mass is 330 g/mol. The maximum absolute atomic E-state index is 13.5. The minimum atomic E-state index is -0.361. The lowest BCUT2D eigenvalue weighted by atomic mass is 10.2. The number of rotatable bonds is 5. The molecule has 0 fully saturated rings. The molecule has 1 aromatic carbocycles. The average molecular weight is 331 g/mol. The summed E-state index contributed by atoms with van der Waals surface area (Å²) in [4.78, 5) is 24.2. The van der Waals surface area contributed by atoms with Gasteiger partial charge in [-0.05, 0) is 18.2 Å². The smallest absolute Gasteiger partial charge is 0.242 e. The number of amides is 2. The number of likely N-dealkylation sites (N-methyl/N-ethyl adjacent to an activating group) is 1. The molecule has 0 saturated carbocycles. The van der Waals surface area contributed by atoms with Crippen molar-refractivity contribution in [1.29, 1.82) is 0 Å². The molecule has 0 aliphatic heterocycles. The summed E-state index contributed by atoms with van der Waals surface area (Å²) in [5.74, 6) is -0.808. The molecule has 2 amide bonds. The molecule has 1 aromatic rings. The van der Waals surface area contributed by atoms with Crippen molar-refractivity contribution in [3.05, 3.63) is 34.1 Å². The fraction of sp³-hybridized carbons (Fsp3) is 0.385. The number of carbonyl (C=O) groups is 2. The second-order valence-corrected chi connectivity index (χ2v) is 5.03. The van der Waals surface area contributed by atoms with E-state index >= 15 is 0 Å². The average Bonchev–Trinajstić information content (AvgIpc) is 2.39. The SMILES string of the molecule is CCC(=O)NCC(=O)N(C)Cc1cc(Br)ccc1F. The molecule has 0 aliphatic carbocycles. The van der Waals surface area contributed by atoms with Gasteiger partial charge >= 0.3 is 0 Å². The molecule has 0 saturated heterocycles. The highest BCUT2D eigenvalue weighted by molar-refractivity contribution is 9.10. The van der Waals surface area contributed by atoms with E-state index in [1.807, 2.05) is 0 Å². The molecular weight excluding hydrogens is 315 g/mol. The Labute approximate surface area is 120 Å². The molecule has 19 heavy (non-hydrogen) atoms. The molecule has 0 aliphatic rings. The third-order valence-electron chi connectivity index (χ3n) is 2.60. The Hall–Kier alpha value is -1.43. The van der Waals surface area contributed by atoms with E-state index in [1.54, 1.807) is 26.1 Å². The minimum Gasteiger partial charge on any atom is -0.347 e. The highest BCUT2D eigenvalue weighted by Crippen LogP contribution is 2.16. The van der Waals surface area contributed by atoms with Crippen molar-refractivity contribution in [2.75, 3.05) is 13.6 Å². The van der Waals surface area contributed by atoms with Crippen LogP contribution < -0.4 is 5.32 Å². The molecular formula is C13H16BrFN2O2. The lowest BCUT2D eigenvalue weighted by Crippen LogP contribution is -2.37. The van der Waals surface area contributed by atoms with Gasteiger partial charge in [0.15, 0.2) is 0 Å². The summed E-state index contributed by atoms with van der Waals surface area (Å²) < 4.78 is 14.3. The van der Waals surface area contributed by atoms with Gasteiger partial charge in [0.1, 0.15) is 5.82 Å². The highest BCUT2D eigenvalue weighted by Gasteiger charge is 2.12. The maximum Gasteiger partial charge on any atom is 0.242 e. The van der Waals surface area contributed by atoms with Crippen LogP contribution in [0.25, 0.3) is 0 Å². The van der Waals surface area contributed by atoms with Crippen LogP contribution in [0, 0.1) is 5.82 Å². The van der Waals surface area contributed by atoms with Gasteiger partial charge in [0, 0.05) is 30.0 Å². The Morgan fingerprint density at radius 3 is 2.74 bits per heavy atom. The normalized spacial score (nSPS) is 10.1. The van der Waals surface area contributed by atoms with Crippen LogP contribution in [-0.4, -0.2) is 30.3 Å². The lowest BCUT2D eigenvalue weighted by Gasteiger charge is -2.18. The molecule has 0 spiro atoms. The van der Waals surface area contributed by atoms with Crippen molar-refractivity contribution < 1.29 is 14.0 Å². The molecule has 0 heterocycles. The largest absolute Gasteiger partial charge is 0.347 e. The zero-order valence-corrected chi connectivity index (χ0v) is 12.5. The summed E-state index contributed by atoms with van der Waals surface area (Å²) >= 11 is 3.26. The summed E-state index contributed by atoms with van der Waals surface area (Å²) in [5.41, 5.74) is 0.423. The standard InChI is InChI=1S/C13H16BrFN2O2/c1-3-12(18)16-7-13(19)17(2)8-9-6-10(14)4-5-11(9)15/h4-6H,3,7-8H2,1-2H3,(H,16,18). The van der Waals surface area contributed by atoms with Gasteiger partial charge in [0.05, 0.1) is 6.54 Å². The summed E-state index contributed by atoms with van der Waals surface area (Å²) in [6.45, 7) is 1.80. The van der Waals surface area contributed by atoms with Gasteiger partial charge in [0.25, 0.3) is 0 Å². The fourth-order valence-electron chi connectivity index (χ4n) is 1.44. The summed E-state index contributed by atoms with van der Waals surface area (Å²) in [6, 6.07) is 4.57. The van der Waals surface area contributed by atoms with E-state index in [1.165, 1.54) is 11.0 Å². The predicted molar refractivity (Wildman–Crippen MR) is 73.9 cm³/mol.